The van der Waals surface area contributed by atoms with Gasteiger partial charge in [0, 0.05) is 18.2 Å². The molecule has 1 fully saturated rings. The van der Waals surface area contributed by atoms with Crippen LogP contribution in [-0.4, -0.2) is 44.7 Å². The number of thioether (sulfide) groups is 1. The number of hydrogen-bond acceptors (Lipinski definition) is 4. The molecule has 0 bridgehead atoms. The highest BCUT2D eigenvalue weighted by molar-refractivity contribution is 8.00. The van der Waals surface area contributed by atoms with Gasteiger partial charge in [-0.05, 0) is 59.1 Å². The molecule has 1 N–H and O–H groups in total. The molecule has 2 aromatic rings. The van der Waals surface area contributed by atoms with Crippen molar-refractivity contribution in [2.45, 2.75) is 69.4 Å². The second kappa shape index (κ2) is 7.68. The van der Waals surface area contributed by atoms with Gasteiger partial charge in [-0.15, -0.1) is 0 Å². The number of carbonyl (C=O) groups excluding carboxylic acids is 1. The van der Waals surface area contributed by atoms with Crippen molar-refractivity contribution in [3.05, 3.63) is 18.2 Å². The van der Waals surface area contributed by atoms with Crippen molar-refractivity contribution < 1.29 is 9.53 Å². The third-order valence-corrected chi connectivity index (χ3v) is 5.80. The summed E-state index contributed by atoms with van der Waals surface area (Å²) in [5, 5.41) is 0.622. The predicted molar refractivity (Wildman–Crippen MR) is 102 cm³/mol. The maximum absolute atomic E-state index is 12.9. The summed E-state index contributed by atoms with van der Waals surface area (Å²) >= 11 is 1.50. The van der Waals surface area contributed by atoms with Crippen molar-refractivity contribution in [3.63, 3.8) is 0 Å². The van der Waals surface area contributed by atoms with E-state index in [4.69, 9.17) is 4.74 Å². The highest BCUT2D eigenvalue weighted by Gasteiger charge is 2.32. The van der Waals surface area contributed by atoms with Gasteiger partial charge in [-0.3, -0.25) is 4.79 Å². The average Bonchev–Trinajstić information content (AvgIpc) is 2.96. The topological polar surface area (TPSA) is 58.2 Å². The van der Waals surface area contributed by atoms with Crippen molar-refractivity contribution in [1.29, 1.82) is 0 Å². The van der Waals surface area contributed by atoms with Gasteiger partial charge in [-0.1, -0.05) is 11.8 Å². The summed E-state index contributed by atoms with van der Waals surface area (Å²) in [7, 11) is 0. The zero-order valence-corrected chi connectivity index (χ0v) is 16.2. The molecule has 1 aromatic heterocycles. The molecule has 1 saturated heterocycles. The van der Waals surface area contributed by atoms with Crippen LogP contribution in [0.1, 0.15) is 47.0 Å². The summed E-state index contributed by atoms with van der Waals surface area (Å²) in [6.45, 7) is 8.88. The zero-order chi connectivity index (χ0) is 18.0. The number of piperidine rings is 1. The minimum absolute atomic E-state index is 0.157. The van der Waals surface area contributed by atoms with Crippen molar-refractivity contribution in [2.24, 2.45) is 0 Å². The van der Waals surface area contributed by atoms with E-state index < -0.39 is 0 Å². The normalized spacial score (nSPS) is 22.2. The lowest BCUT2D eigenvalue weighted by Crippen LogP contribution is -2.50. The van der Waals surface area contributed by atoms with E-state index in [-0.39, 0.29) is 11.2 Å². The Balaban J connectivity index is 1.72. The van der Waals surface area contributed by atoms with Crippen LogP contribution >= 0.6 is 11.8 Å². The van der Waals surface area contributed by atoms with Gasteiger partial charge in [-0.25, -0.2) is 4.98 Å². The van der Waals surface area contributed by atoms with Crippen LogP contribution in [0.3, 0.4) is 0 Å². The third-order valence-electron chi connectivity index (χ3n) is 4.83. The van der Waals surface area contributed by atoms with E-state index in [0.717, 1.165) is 34.8 Å². The van der Waals surface area contributed by atoms with Crippen LogP contribution in [0.15, 0.2) is 23.4 Å². The number of fused-ring (bicyclic) bond motifs is 1. The lowest BCUT2D eigenvalue weighted by atomic mass is 9.97. The van der Waals surface area contributed by atoms with Gasteiger partial charge >= 0.3 is 0 Å². The number of ether oxygens (including phenoxy) is 1. The lowest BCUT2D eigenvalue weighted by molar-refractivity contribution is -0.136. The molecule has 3 atom stereocenters. The average molecular weight is 362 g/mol. The first kappa shape index (κ1) is 18.1. The van der Waals surface area contributed by atoms with E-state index in [9.17, 15) is 4.79 Å². The second-order valence-electron chi connectivity index (χ2n) is 6.79. The number of aromatic amines is 1. The third kappa shape index (κ3) is 3.94. The molecule has 0 radical (unpaired) electrons. The van der Waals surface area contributed by atoms with Crippen LogP contribution in [0.25, 0.3) is 11.0 Å². The first-order valence-corrected chi connectivity index (χ1v) is 9.99. The number of hydrogen-bond donors (Lipinski definition) is 1. The Morgan fingerprint density at radius 2 is 2.12 bits per heavy atom. The number of imidazole rings is 1. The summed E-state index contributed by atoms with van der Waals surface area (Å²) < 4.78 is 5.53. The quantitative estimate of drug-likeness (QED) is 0.810. The Morgan fingerprint density at radius 3 is 2.80 bits per heavy atom. The number of amides is 1. The van der Waals surface area contributed by atoms with Gasteiger partial charge in [0.25, 0.3) is 0 Å². The number of nitrogens with zero attached hydrogens (tertiary/aromatic N) is 2. The van der Waals surface area contributed by atoms with E-state index >= 15 is 0 Å². The number of aromatic nitrogens is 2. The second-order valence-corrected chi connectivity index (χ2v) is 8.12. The van der Waals surface area contributed by atoms with E-state index in [1.165, 1.54) is 18.2 Å². The molecule has 25 heavy (non-hydrogen) atoms. The van der Waals surface area contributed by atoms with Crippen LogP contribution in [-0.2, 0) is 4.79 Å². The predicted octanol–water partition coefficient (Wildman–Crippen LogP) is 4.23. The summed E-state index contributed by atoms with van der Waals surface area (Å²) in [6.07, 6.45) is 3.40. The molecule has 1 amide bonds. The first-order chi connectivity index (χ1) is 12.0. The van der Waals surface area contributed by atoms with Gasteiger partial charge in [0.2, 0.25) is 5.91 Å². The Morgan fingerprint density at radius 1 is 1.40 bits per heavy atom. The smallest absolute Gasteiger partial charge is 0.236 e. The number of likely N-dealkylation sites (tertiary alicyclic amines) is 1. The largest absolute Gasteiger partial charge is 0.494 e. The number of benzene rings is 1. The molecule has 1 aromatic carbocycles. The molecule has 0 spiro atoms. The fourth-order valence-electron chi connectivity index (χ4n) is 3.56. The molecule has 1 aliphatic rings. The minimum atomic E-state index is -0.157. The number of rotatable bonds is 5. The van der Waals surface area contributed by atoms with Crippen LogP contribution in [0.5, 0.6) is 5.75 Å². The molecule has 0 saturated carbocycles. The number of nitrogens with one attached hydrogen (secondary N) is 1. The maximum Gasteiger partial charge on any atom is 0.236 e. The van der Waals surface area contributed by atoms with E-state index in [0.29, 0.717) is 18.7 Å². The summed E-state index contributed by atoms with van der Waals surface area (Å²) in [6, 6.07) is 6.47. The van der Waals surface area contributed by atoms with Gasteiger partial charge < -0.3 is 14.6 Å². The molecule has 3 rings (SSSR count). The first-order valence-electron chi connectivity index (χ1n) is 9.11. The van der Waals surface area contributed by atoms with Crippen molar-refractivity contribution in [1.82, 2.24) is 14.9 Å². The molecular weight excluding hydrogens is 334 g/mol. The number of H-pyrrole nitrogens is 1. The Hall–Kier alpha value is -1.69. The standard InChI is InChI=1S/C19H27N3O2S/c1-5-24-15-9-10-16-17(11-15)21-19(20-16)25-14(4)18(23)22-12(2)7-6-8-13(22)3/h9-14H,5-8H2,1-4H3,(H,20,21)/t12-,13-,14-/m1/s1. The lowest BCUT2D eigenvalue weighted by Gasteiger charge is -2.40. The fourth-order valence-corrected chi connectivity index (χ4v) is 4.44. The van der Waals surface area contributed by atoms with Gasteiger partial charge in [0.05, 0.1) is 22.9 Å². The fraction of sp³-hybridized carbons (Fsp3) is 0.579. The summed E-state index contributed by atoms with van der Waals surface area (Å²) in [5.41, 5.74) is 1.83. The summed E-state index contributed by atoms with van der Waals surface area (Å²) in [5.74, 6) is 1.04. The Bertz CT molecular complexity index is 735. The Labute approximate surface area is 153 Å². The van der Waals surface area contributed by atoms with E-state index in [1.807, 2.05) is 32.0 Å². The molecule has 136 valence electrons. The highest BCUT2D eigenvalue weighted by Crippen LogP contribution is 2.30. The summed E-state index contributed by atoms with van der Waals surface area (Å²) in [4.78, 5) is 22.9. The van der Waals surface area contributed by atoms with Crippen LogP contribution in [0, 0.1) is 0 Å². The molecule has 0 aliphatic carbocycles. The monoisotopic (exact) mass is 361 g/mol. The molecule has 0 unspecified atom stereocenters. The van der Waals surface area contributed by atoms with Gasteiger partial charge in [0.1, 0.15) is 5.75 Å². The molecule has 2 heterocycles. The molecular formula is C19H27N3O2S. The van der Waals surface area contributed by atoms with Crippen LogP contribution in [0.4, 0.5) is 0 Å². The van der Waals surface area contributed by atoms with Crippen LogP contribution < -0.4 is 4.74 Å². The Kier molecular flexibility index (Phi) is 5.57. The molecule has 5 nitrogen and oxygen atoms in total. The van der Waals surface area contributed by atoms with Crippen LogP contribution in [0.2, 0.25) is 0 Å². The zero-order valence-electron chi connectivity index (χ0n) is 15.4. The van der Waals surface area contributed by atoms with Crippen molar-refractivity contribution >= 4 is 28.7 Å². The van der Waals surface area contributed by atoms with E-state index in [1.54, 1.807) is 0 Å². The van der Waals surface area contributed by atoms with Gasteiger partial charge in [-0.2, -0.15) is 0 Å². The molecule has 1 aliphatic heterocycles. The van der Waals surface area contributed by atoms with Crippen molar-refractivity contribution in [2.75, 3.05) is 6.61 Å². The maximum atomic E-state index is 12.9. The SMILES string of the molecule is CCOc1ccc2nc(S[C@H](C)C(=O)N3[C@H](C)CCC[C@H]3C)[nH]c2c1. The van der Waals surface area contributed by atoms with Crippen molar-refractivity contribution in [3.8, 4) is 5.75 Å². The van der Waals surface area contributed by atoms with Gasteiger partial charge in [0.15, 0.2) is 5.16 Å². The van der Waals surface area contributed by atoms with E-state index in [2.05, 4.69) is 28.7 Å². The highest BCUT2D eigenvalue weighted by atomic mass is 32.2. The number of carbonyl (C=O) groups is 1. The minimum Gasteiger partial charge on any atom is -0.494 e. The molecule has 6 heteroatoms.